The Morgan fingerprint density at radius 3 is 2.69 bits per heavy atom. The van der Waals surface area contributed by atoms with Gasteiger partial charge in [-0.25, -0.2) is 0 Å². The predicted molar refractivity (Wildman–Crippen MR) is 54.8 cm³/mol. The largest absolute Gasteiger partial charge is 0.261 e. The Labute approximate surface area is 84.4 Å². The van der Waals surface area contributed by atoms with E-state index < -0.39 is 0 Å². The summed E-state index contributed by atoms with van der Waals surface area (Å²) in [5.74, 6) is 0.638. The first-order valence-electron chi connectivity index (χ1n) is 4.57. The lowest BCUT2D eigenvalue weighted by Gasteiger charge is -2.10. The van der Waals surface area contributed by atoms with E-state index in [9.17, 15) is 0 Å². The zero-order valence-electron chi connectivity index (χ0n) is 8.07. The van der Waals surface area contributed by atoms with Crippen LogP contribution in [0.4, 0.5) is 0 Å². The SMILES string of the molecule is CC(C)CC(Cl)Cc1cnccn1. The van der Waals surface area contributed by atoms with Gasteiger partial charge in [-0.05, 0) is 12.3 Å². The van der Waals surface area contributed by atoms with E-state index >= 15 is 0 Å². The number of rotatable bonds is 4. The van der Waals surface area contributed by atoms with E-state index in [1.807, 2.05) is 0 Å². The topological polar surface area (TPSA) is 25.8 Å². The van der Waals surface area contributed by atoms with Crippen molar-refractivity contribution in [3.63, 3.8) is 0 Å². The third-order valence-electron chi connectivity index (χ3n) is 1.77. The summed E-state index contributed by atoms with van der Waals surface area (Å²) in [6.07, 6.45) is 6.99. The van der Waals surface area contributed by atoms with Crippen LogP contribution in [0.3, 0.4) is 0 Å². The molecule has 0 bridgehead atoms. The quantitative estimate of drug-likeness (QED) is 0.696. The third-order valence-corrected chi connectivity index (χ3v) is 2.11. The highest BCUT2D eigenvalue weighted by atomic mass is 35.5. The fraction of sp³-hybridized carbons (Fsp3) is 0.600. The molecule has 0 aromatic carbocycles. The maximum absolute atomic E-state index is 6.14. The van der Waals surface area contributed by atoms with E-state index in [2.05, 4.69) is 23.8 Å². The smallest absolute Gasteiger partial charge is 0.0601 e. The molecule has 0 radical (unpaired) electrons. The Hall–Kier alpha value is -0.630. The Morgan fingerprint density at radius 1 is 1.38 bits per heavy atom. The van der Waals surface area contributed by atoms with Crippen LogP contribution < -0.4 is 0 Å². The van der Waals surface area contributed by atoms with E-state index in [4.69, 9.17) is 11.6 Å². The fourth-order valence-electron chi connectivity index (χ4n) is 1.26. The van der Waals surface area contributed by atoms with Gasteiger partial charge < -0.3 is 0 Å². The summed E-state index contributed by atoms with van der Waals surface area (Å²) < 4.78 is 0. The molecule has 1 aromatic heterocycles. The van der Waals surface area contributed by atoms with Crippen molar-refractivity contribution in [1.29, 1.82) is 0 Å². The number of alkyl halides is 1. The molecule has 1 heterocycles. The van der Waals surface area contributed by atoms with Gasteiger partial charge in [-0.1, -0.05) is 13.8 Å². The van der Waals surface area contributed by atoms with Gasteiger partial charge in [0.05, 0.1) is 5.69 Å². The van der Waals surface area contributed by atoms with Gasteiger partial charge in [0.1, 0.15) is 0 Å². The van der Waals surface area contributed by atoms with Crippen LogP contribution in [0, 0.1) is 5.92 Å². The molecule has 72 valence electrons. The van der Waals surface area contributed by atoms with Crippen molar-refractivity contribution in [1.82, 2.24) is 9.97 Å². The van der Waals surface area contributed by atoms with Gasteiger partial charge in [-0.15, -0.1) is 11.6 Å². The van der Waals surface area contributed by atoms with Crippen LogP contribution in [0.5, 0.6) is 0 Å². The third kappa shape index (κ3) is 4.23. The van der Waals surface area contributed by atoms with E-state index in [1.54, 1.807) is 18.6 Å². The van der Waals surface area contributed by atoms with Crippen LogP contribution in [0.25, 0.3) is 0 Å². The first-order valence-corrected chi connectivity index (χ1v) is 5.01. The van der Waals surface area contributed by atoms with Crippen molar-refractivity contribution >= 4 is 11.6 Å². The van der Waals surface area contributed by atoms with E-state index in [0.717, 1.165) is 18.5 Å². The number of hydrogen-bond donors (Lipinski definition) is 0. The summed E-state index contributed by atoms with van der Waals surface area (Å²) >= 11 is 6.14. The Bertz CT molecular complexity index is 236. The highest BCUT2D eigenvalue weighted by molar-refractivity contribution is 6.20. The fourth-order valence-corrected chi connectivity index (χ4v) is 1.77. The molecule has 13 heavy (non-hydrogen) atoms. The molecule has 1 aromatic rings. The number of nitrogens with zero attached hydrogens (tertiary/aromatic N) is 2. The van der Waals surface area contributed by atoms with Crippen molar-refractivity contribution in [3.05, 3.63) is 24.3 Å². The summed E-state index contributed by atoms with van der Waals surface area (Å²) in [6.45, 7) is 4.35. The van der Waals surface area contributed by atoms with Gasteiger partial charge in [-0.2, -0.15) is 0 Å². The Kier molecular flexibility index (Phi) is 4.16. The van der Waals surface area contributed by atoms with Crippen LogP contribution in [0.15, 0.2) is 18.6 Å². The van der Waals surface area contributed by atoms with Crippen LogP contribution in [0.2, 0.25) is 0 Å². The predicted octanol–water partition coefficient (Wildman–Crippen LogP) is 2.67. The second-order valence-electron chi connectivity index (χ2n) is 3.63. The van der Waals surface area contributed by atoms with Crippen LogP contribution >= 0.6 is 11.6 Å². The minimum Gasteiger partial charge on any atom is -0.261 e. The molecule has 0 aliphatic rings. The highest BCUT2D eigenvalue weighted by Crippen LogP contribution is 2.14. The molecule has 1 atom stereocenters. The molecule has 1 unspecified atom stereocenters. The maximum atomic E-state index is 6.14. The number of halogens is 1. The van der Waals surface area contributed by atoms with Crippen LogP contribution in [-0.2, 0) is 6.42 Å². The minimum atomic E-state index is 0.177. The van der Waals surface area contributed by atoms with Crippen molar-refractivity contribution in [2.45, 2.75) is 32.1 Å². The molecule has 0 aliphatic heterocycles. The van der Waals surface area contributed by atoms with Gasteiger partial charge in [0.2, 0.25) is 0 Å². The molecule has 3 heteroatoms. The lowest BCUT2D eigenvalue weighted by Crippen LogP contribution is -2.08. The molecule has 2 nitrogen and oxygen atoms in total. The number of aromatic nitrogens is 2. The van der Waals surface area contributed by atoms with Gasteiger partial charge in [-0.3, -0.25) is 9.97 Å². The second kappa shape index (κ2) is 5.18. The van der Waals surface area contributed by atoms with Gasteiger partial charge in [0.25, 0.3) is 0 Å². The molecular weight excluding hydrogens is 184 g/mol. The van der Waals surface area contributed by atoms with E-state index in [0.29, 0.717) is 5.92 Å². The van der Waals surface area contributed by atoms with Crippen LogP contribution in [-0.4, -0.2) is 15.3 Å². The molecule has 0 N–H and O–H groups in total. The molecule has 1 rings (SSSR count). The van der Waals surface area contributed by atoms with Crippen molar-refractivity contribution in [3.8, 4) is 0 Å². The summed E-state index contributed by atoms with van der Waals surface area (Å²) in [5.41, 5.74) is 0.975. The lowest BCUT2D eigenvalue weighted by molar-refractivity contribution is 0.558. The van der Waals surface area contributed by atoms with Gasteiger partial charge >= 0.3 is 0 Å². The Balaban J connectivity index is 2.41. The summed E-state index contributed by atoms with van der Waals surface area (Å²) in [5, 5.41) is 0.177. The minimum absolute atomic E-state index is 0.177. The first-order chi connectivity index (χ1) is 6.18. The van der Waals surface area contributed by atoms with Crippen molar-refractivity contribution < 1.29 is 0 Å². The summed E-state index contributed by atoms with van der Waals surface area (Å²) in [4.78, 5) is 8.17. The zero-order valence-corrected chi connectivity index (χ0v) is 8.83. The second-order valence-corrected chi connectivity index (χ2v) is 4.24. The zero-order chi connectivity index (χ0) is 9.68. The van der Waals surface area contributed by atoms with Gasteiger partial charge in [0, 0.05) is 30.4 Å². The molecule has 0 fully saturated rings. The Morgan fingerprint density at radius 2 is 2.15 bits per heavy atom. The molecule has 0 saturated carbocycles. The summed E-state index contributed by atoms with van der Waals surface area (Å²) in [7, 11) is 0. The normalized spacial score (nSPS) is 13.2. The van der Waals surface area contributed by atoms with E-state index in [-0.39, 0.29) is 5.38 Å². The molecular formula is C10H15ClN2. The van der Waals surface area contributed by atoms with E-state index in [1.165, 1.54) is 0 Å². The van der Waals surface area contributed by atoms with Crippen molar-refractivity contribution in [2.24, 2.45) is 5.92 Å². The summed E-state index contributed by atoms with van der Waals surface area (Å²) in [6, 6.07) is 0. The molecule has 0 amide bonds. The monoisotopic (exact) mass is 198 g/mol. The maximum Gasteiger partial charge on any atom is 0.0601 e. The molecule has 0 aliphatic carbocycles. The van der Waals surface area contributed by atoms with Crippen molar-refractivity contribution in [2.75, 3.05) is 0 Å². The standard InChI is InChI=1S/C10H15ClN2/c1-8(2)5-9(11)6-10-7-12-3-4-13-10/h3-4,7-9H,5-6H2,1-2H3. The molecule has 0 saturated heterocycles. The van der Waals surface area contributed by atoms with Gasteiger partial charge in [0.15, 0.2) is 0 Å². The average molecular weight is 199 g/mol. The highest BCUT2D eigenvalue weighted by Gasteiger charge is 2.08. The number of hydrogen-bond acceptors (Lipinski definition) is 2. The molecule has 0 spiro atoms. The first kappa shape index (κ1) is 10.5. The average Bonchev–Trinajstić information content (AvgIpc) is 2.04. The van der Waals surface area contributed by atoms with Crippen LogP contribution in [0.1, 0.15) is 26.0 Å². The lowest BCUT2D eigenvalue weighted by atomic mass is 10.1.